The number of hydrogen-bond donors (Lipinski definition) is 2. The number of piperidine rings is 1. The molecule has 2 N–H and O–H groups in total. The van der Waals surface area contributed by atoms with Gasteiger partial charge in [-0.3, -0.25) is 4.79 Å². The summed E-state index contributed by atoms with van der Waals surface area (Å²) < 4.78 is 45.9. The number of ether oxygens (including phenoxy) is 1. The third kappa shape index (κ3) is 3.64. The van der Waals surface area contributed by atoms with Crippen molar-refractivity contribution in [3.63, 3.8) is 0 Å². The molecule has 144 valence electrons. The lowest BCUT2D eigenvalue weighted by atomic mass is 10.1. The van der Waals surface area contributed by atoms with E-state index in [1.165, 1.54) is 4.90 Å². The molecule has 4 rings (SSSR count). The normalized spacial score (nSPS) is 19.8. The summed E-state index contributed by atoms with van der Waals surface area (Å²) in [6, 6.07) is 5.59. The van der Waals surface area contributed by atoms with E-state index in [9.17, 15) is 18.0 Å². The average molecular weight is 380 g/mol. The van der Waals surface area contributed by atoms with E-state index in [0.717, 1.165) is 43.3 Å². The number of aromatic amines is 1. The van der Waals surface area contributed by atoms with Crippen LogP contribution in [0.4, 0.5) is 18.9 Å². The highest BCUT2D eigenvalue weighted by Gasteiger charge is 2.39. The van der Waals surface area contributed by atoms with Crippen molar-refractivity contribution in [1.82, 2.24) is 15.5 Å². The van der Waals surface area contributed by atoms with Crippen molar-refractivity contribution in [3.8, 4) is 5.75 Å². The first-order chi connectivity index (χ1) is 12.9. The molecule has 0 spiro atoms. The van der Waals surface area contributed by atoms with E-state index in [2.05, 4.69) is 10.4 Å². The summed E-state index contributed by atoms with van der Waals surface area (Å²) in [7, 11) is 0. The van der Waals surface area contributed by atoms with Gasteiger partial charge in [-0.2, -0.15) is 18.3 Å². The molecule has 9 heteroatoms. The lowest BCUT2D eigenvalue weighted by Crippen LogP contribution is -2.37. The van der Waals surface area contributed by atoms with Gasteiger partial charge in [0.2, 0.25) is 0 Å². The summed E-state index contributed by atoms with van der Waals surface area (Å²) in [6.07, 6.45) is -1.56. The lowest BCUT2D eigenvalue weighted by molar-refractivity contribution is -0.138. The number of H-pyrrole nitrogens is 1. The predicted molar refractivity (Wildman–Crippen MR) is 92.7 cm³/mol. The lowest BCUT2D eigenvalue weighted by Gasteiger charge is -2.24. The second-order valence-corrected chi connectivity index (χ2v) is 6.83. The fraction of sp³-hybridized carbons (Fsp3) is 0.444. The first-order valence-electron chi connectivity index (χ1n) is 8.81. The van der Waals surface area contributed by atoms with Gasteiger partial charge in [-0.1, -0.05) is 6.07 Å². The van der Waals surface area contributed by atoms with Crippen molar-refractivity contribution >= 4 is 5.69 Å². The molecular weight excluding hydrogens is 361 g/mol. The van der Waals surface area contributed by atoms with Crippen LogP contribution in [-0.4, -0.2) is 29.4 Å². The molecule has 1 aromatic carbocycles. The molecule has 2 aliphatic rings. The largest absolute Gasteiger partial charge is 0.489 e. The summed E-state index contributed by atoms with van der Waals surface area (Å²) in [6.45, 7) is 2.33. The van der Waals surface area contributed by atoms with E-state index in [-0.39, 0.29) is 24.9 Å². The second-order valence-electron chi connectivity index (χ2n) is 6.83. The minimum absolute atomic E-state index is 0.100. The van der Waals surface area contributed by atoms with Gasteiger partial charge in [0.1, 0.15) is 17.4 Å². The average Bonchev–Trinajstić information content (AvgIpc) is 3.04. The third-order valence-corrected chi connectivity index (χ3v) is 4.91. The van der Waals surface area contributed by atoms with Crippen LogP contribution in [0, 0.1) is 0 Å². The van der Waals surface area contributed by atoms with Crippen LogP contribution in [0.2, 0.25) is 0 Å². The van der Waals surface area contributed by atoms with E-state index in [0.29, 0.717) is 5.75 Å². The standard InChI is InChI=1S/C18H19F3N4O2/c19-18(20,21)16-15(8-23-24-17(16)26)25-9-11-3-4-13(6-12(11)10-25)27-14-2-1-5-22-7-14/h3-4,6,8,14,22H,1-2,5,7,9-10H2,(H,24,26). The number of fused-ring (bicyclic) bond motifs is 1. The summed E-state index contributed by atoms with van der Waals surface area (Å²) in [5, 5.41) is 8.70. The molecular formula is C18H19F3N4O2. The van der Waals surface area contributed by atoms with Crippen LogP contribution in [0.3, 0.4) is 0 Å². The van der Waals surface area contributed by atoms with Crippen molar-refractivity contribution < 1.29 is 17.9 Å². The highest BCUT2D eigenvalue weighted by atomic mass is 19.4. The van der Waals surface area contributed by atoms with Crippen molar-refractivity contribution in [1.29, 1.82) is 0 Å². The predicted octanol–water partition coefficient (Wildman–Crippen LogP) is 2.44. The molecule has 2 aromatic rings. The van der Waals surface area contributed by atoms with Crippen LogP contribution in [0.15, 0.2) is 29.2 Å². The topological polar surface area (TPSA) is 70.2 Å². The SMILES string of the molecule is O=c1[nH]ncc(N2Cc3ccc(OC4CCCNC4)cc3C2)c1C(F)(F)F. The van der Waals surface area contributed by atoms with Crippen molar-refractivity contribution in [2.45, 2.75) is 38.2 Å². The Morgan fingerprint density at radius 1 is 1.22 bits per heavy atom. The molecule has 27 heavy (non-hydrogen) atoms. The van der Waals surface area contributed by atoms with Crippen molar-refractivity contribution in [2.75, 3.05) is 18.0 Å². The number of alkyl halides is 3. The van der Waals surface area contributed by atoms with E-state index in [4.69, 9.17) is 4.74 Å². The van der Waals surface area contributed by atoms with Gasteiger partial charge in [-0.25, -0.2) is 5.10 Å². The molecule has 0 bridgehead atoms. The third-order valence-electron chi connectivity index (χ3n) is 4.91. The van der Waals surface area contributed by atoms with Crippen LogP contribution < -0.4 is 20.5 Å². The first-order valence-corrected chi connectivity index (χ1v) is 8.81. The molecule has 0 radical (unpaired) electrons. The monoisotopic (exact) mass is 380 g/mol. The number of nitrogens with one attached hydrogen (secondary N) is 2. The number of anilines is 1. The van der Waals surface area contributed by atoms with Gasteiger partial charge in [-0.05, 0) is 42.6 Å². The maximum absolute atomic E-state index is 13.3. The zero-order valence-electron chi connectivity index (χ0n) is 14.5. The molecule has 2 aliphatic heterocycles. The zero-order valence-corrected chi connectivity index (χ0v) is 14.5. The van der Waals surface area contributed by atoms with Crippen LogP contribution >= 0.6 is 0 Å². The number of rotatable bonds is 3. The molecule has 1 atom stereocenters. The number of nitrogens with zero attached hydrogens (tertiary/aromatic N) is 2. The van der Waals surface area contributed by atoms with E-state index in [1.54, 1.807) is 0 Å². The molecule has 3 heterocycles. The van der Waals surface area contributed by atoms with E-state index in [1.807, 2.05) is 23.3 Å². The Kier molecular flexibility index (Phi) is 4.55. The smallest absolute Gasteiger partial charge is 0.423 e. The Morgan fingerprint density at radius 2 is 2.04 bits per heavy atom. The van der Waals surface area contributed by atoms with Gasteiger partial charge in [0, 0.05) is 19.6 Å². The molecule has 0 saturated carbocycles. The molecule has 6 nitrogen and oxygen atoms in total. The zero-order chi connectivity index (χ0) is 19.0. The quantitative estimate of drug-likeness (QED) is 0.856. The maximum atomic E-state index is 13.3. The minimum atomic E-state index is -4.75. The van der Waals surface area contributed by atoms with E-state index >= 15 is 0 Å². The maximum Gasteiger partial charge on any atom is 0.423 e. The minimum Gasteiger partial charge on any atom is -0.489 e. The Bertz CT molecular complexity index is 891. The highest BCUT2D eigenvalue weighted by Crippen LogP contribution is 2.37. The van der Waals surface area contributed by atoms with Crippen LogP contribution in [-0.2, 0) is 19.3 Å². The number of halogens is 3. The van der Waals surface area contributed by atoms with Gasteiger partial charge < -0.3 is 15.0 Å². The van der Waals surface area contributed by atoms with Crippen molar-refractivity contribution in [3.05, 3.63) is 51.4 Å². The van der Waals surface area contributed by atoms with Crippen LogP contribution in [0.25, 0.3) is 0 Å². The Morgan fingerprint density at radius 3 is 2.78 bits per heavy atom. The summed E-state index contributed by atoms with van der Waals surface area (Å²) >= 11 is 0. The molecule has 1 saturated heterocycles. The molecule has 1 aromatic heterocycles. The van der Waals surface area contributed by atoms with Gasteiger partial charge >= 0.3 is 6.18 Å². The van der Waals surface area contributed by atoms with Gasteiger partial charge in [0.25, 0.3) is 5.56 Å². The highest BCUT2D eigenvalue weighted by molar-refractivity contribution is 5.56. The van der Waals surface area contributed by atoms with Gasteiger partial charge in [0.05, 0.1) is 11.9 Å². The summed E-state index contributed by atoms with van der Waals surface area (Å²) in [5.74, 6) is 0.712. The fourth-order valence-electron chi connectivity index (χ4n) is 3.63. The molecule has 0 aliphatic carbocycles. The number of aromatic nitrogens is 2. The van der Waals surface area contributed by atoms with Crippen LogP contribution in [0.1, 0.15) is 29.5 Å². The van der Waals surface area contributed by atoms with Gasteiger partial charge in [-0.15, -0.1) is 0 Å². The Balaban J connectivity index is 1.57. The molecule has 1 unspecified atom stereocenters. The summed E-state index contributed by atoms with van der Waals surface area (Å²) in [4.78, 5) is 13.2. The fourth-order valence-corrected chi connectivity index (χ4v) is 3.63. The van der Waals surface area contributed by atoms with Gasteiger partial charge in [0.15, 0.2) is 0 Å². The Labute approximate surface area is 153 Å². The summed E-state index contributed by atoms with van der Waals surface area (Å²) in [5.41, 5.74) is -0.844. The second kappa shape index (κ2) is 6.88. The van der Waals surface area contributed by atoms with E-state index < -0.39 is 17.3 Å². The first kappa shape index (κ1) is 17.8. The number of benzene rings is 1. The number of hydrogen-bond acceptors (Lipinski definition) is 5. The molecule has 0 amide bonds. The van der Waals surface area contributed by atoms with Crippen LogP contribution in [0.5, 0.6) is 5.75 Å². The van der Waals surface area contributed by atoms with Crippen molar-refractivity contribution in [2.24, 2.45) is 0 Å². The Hall–Kier alpha value is -2.55. The molecule has 1 fully saturated rings.